The molecule has 0 aromatic rings. The van der Waals surface area contributed by atoms with Crippen molar-refractivity contribution in [2.24, 2.45) is 0 Å². The topological polar surface area (TPSA) is 303 Å². The van der Waals surface area contributed by atoms with E-state index in [1.807, 2.05) is 0 Å². The van der Waals surface area contributed by atoms with Gasteiger partial charge >= 0.3 is 35.4 Å². The Hall–Kier alpha value is -1.89. The first kappa shape index (κ1) is 63.1. The number of phosphoric ester groups is 3. The lowest BCUT2D eigenvalue weighted by molar-refractivity contribution is -0.213. The molecular formula is C45H81O19P3. The van der Waals surface area contributed by atoms with Crippen LogP contribution in [0.4, 0.5) is 0 Å². The minimum atomic E-state index is -5.60. The van der Waals surface area contributed by atoms with Gasteiger partial charge < -0.3 is 49.3 Å². The molecule has 0 saturated heterocycles. The highest BCUT2D eigenvalue weighted by molar-refractivity contribution is 7.47. The zero-order valence-electron chi connectivity index (χ0n) is 39.5. The first-order chi connectivity index (χ1) is 31.8. The number of aliphatic hydroxyl groups is 3. The van der Waals surface area contributed by atoms with Gasteiger partial charge in [-0.3, -0.25) is 27.7 Å². The van der Waals surface area contributed by atoms with Gasteiger partial charge in [0, 0.05) is 12.8 Å². The summed E-state index contributed by atoms with van der Waals surface area (Å²) < 4.78 is 65.4. The maximum atomic E-state index is 13.1. The van der Waals surface area contributed by atoms with E-state index in [2.05, 4.69) is 71.5 Å². The van der Waals surface area contributed by atoms with E-state index in [-0.39, 0.29) is 12.8 Å². The number of rotatable bonds is 40. The van der Waals surface area contributed by atoms with Gasteiger partial charge in [-0.25, -0.2) is 13.7 Å². The number of phosphoric acid groups is 3. The van der Waals surface area contributed by atoms with Crippen LogP contribution in [-0.4, -0.2) is 108 Å². The van der Waals surface area contributed by atoms with Crippen LogP contribution in [0.5, 0.6) is 0 Å². The average Bonchev–Trinajstić information content (AvgIpc) is 3.25. The molecule has 0 bridgehead atoms. The van der Waals surface area contributed by atoms with Crippen LogP contribution in [-0.2, 0) is 50.9 Å². The molecule has 8 N–H and O–H groups in total. The minimum absolute atomic E-state index is 0.0170. The first-order valence-electron chi connectivity index (χ1n) is 23.9. The third-order valence-electron chi connectivity index (χ3n) is 10.6. The molecule has 0 heterocycles. The lowest BCUT2D eigenvalue weighted by atomic mass is 9.85. The number of hydrogen-bond donors (Lipinski definition) is 8. The van der Waals surface area contributed by atoms with Crippen LogP contribution in [0.15, 0.2) is 48.6 Å². The van der Waals surface area contributed by atoms with Crippen LogP contribution in [0.2, 0.25) is 0 Å². The molecule has 0 aliphatic heterocycles. The van der Waals surface area contributed by atoms with Crippen LogP contribution in [0, 0.1) is 0 Å². The standard InChI is InChI=1S/C45H81O19P3/c1-3-5-7-9-11-13-15-17-19-21-23-25-27-29-31-33-38(46)59-35-37(61-39(47)34-32-30-28-26-24-22-20-18-16-14-12-10-8-6-4-2)36-60-67(57,58)64-43-40(48)41(49)44(62-65(51,52)53)45(42(43)50)63-66(54,55)56/h5,7,11,13,17-20,37,40-45,48-50H,3-4,6,8-10,12,14-16,21-36H2,1-2H3,(H,57,58)(H2,51,52,53)(H2,54,55,56)/t37-,40?,41?,42?,43+,44?,45+/m1/s1. The Labute approximate surface area is 397 Å². The molecule has 22 heteroatoms. The fourth-order valence-corrected chi connectivity index (χ4v) is 9.16. The number of aliphatic hydroxyl groups excluding tert-OH is 3. The Kier molecular flexibility index (Phi) is 34.8. The van der Waals surface area contributed by atoms with Crippen molar-refractivity contribution in [1.82, 2.24) is 0 Å². The molecule has 67 heavy (non-hydrogen) atoms. The SMILES string of the molecule is CCC=CCC=CCC=CCCCCCCCC(=O)OC[C@H](COP(=O)(O)O[C@H]1C(O)C(O)C(OP(=O)(O)O)[C@@H](OP(=O)(O)O)C1O)OC(=O)CCCCCCCC=CCCCCCCCC. The Morgan fingerprint density at radius 1 is 0.493 bits per heavy atom. The van der Waals surface area contributed by atoms with Crippen molar-refractivity contribution < 1.29 is 90.6 Å². The van der Waals surface area contributed by atoms with E-state index in [0.29, 0.717) is 12.8 Å². The molecule has 5 unspecified atom stereocenters. The Balaban J connectivity index is 2.75. The van der Waals surface area contributed by atoms with Gasteiger partial charge in [-0.05, 0) is 70.6 Å². The van der Waals surface area contributed by atoms with Crippen molar-refractivity contribution in [2.75, 3.05) is 13.2 Å². The van der Waals surface area contributed by atoms with Crippen molar-refractivity contribution in [1.29, 1.82) is 0 Å². The Bertz CT molecular complexity index is 1590. The van der Waals surface area contributed by atoms with Crippen molar-refractivity contribution in [2.45, 2.75) is 211 Å². The molecule has 1 aliphatic rings. The third-order valence-corrected chi connectivity index (χ3v) is 12.6. The van der Waals surface area contributed by atoms with Gasteiger partial charge in [-0.2, -0.15) is 0 Å². The molecule has 0 radical (unpaired) electrons. The lowest BCUT2D eigenvalue weighted by Crippen LogP contribution is -2.65. The van der Waals surface area contributed by atoms with Crippen LogP contribution in [0.25, 0.3) is 0 Å². The van der Waals surface area contributed by atoms with Crippen molar-refractivity contribution in [3.05, 3.63) is 48.6 Å². The van der Waals surface area contributed by atoms with Crippen molar-refractivity contribution >= 4 is 35.4 Å². The number of ether oxygens (including phenoxy) is 2. The van der Waals surface area contributed by atoms with E-state index in [0.717, 1.165) is 89.9 Å². The van der Waals surface area contributed by atoms with Crippen molar-refractivity contribution in [3.8, 4) is 0 Å². The third kappa shape index (κ3) is 33.4. The van der Waals surface area contributed by atoms with Crippen LogP contribution < -0.4 is 0 Å². The molecule has 1 fully saturated rings. The molecule has 19 nitrogen and oxygen atoms in total. The maximum Gasteiger partial charge on any atom is 0.472 e. The molecule has 1 saturated carbocycles. The van der Waals surface area contributed by atoms with Gasteiger partial charge in [0.15, 0.2) is 6.10 Å². The number of hydrogen-bond acceptors (Lipinski definition) is 14. The van der Waals surface area contributed by atoms with Crippen LogP contribution in [0.3, 0.4) is 0 Å². The lowest BCUT2D eigenvalue weighted by Gasteiger charge is -2.44. The van der Waals surface area contributed by atoms with Crippen molar-refractivity contribution in [3.63, 3.8) is 0 Å². The summed E-state index contributed by atoms with van der Waals surface area (Å²) in [7, 11) is -16.6. The summed E-state index contributed by atoms with van der Waals surface area (Å²) >= 11 is 0. The summed E-state index contributed by atoms with van der Waals surface area (Å²) in [6.45, 7) is 2.80. The molecule has 1 rings (SSSR count). The predicted octanol–water partition coefficient (Wildman–Crippen LogP) is 8.62. The minimum Gasteiger partial charge on any atom is -0.462 e. The maximum absolute atomic E-state index is 13.1. The molecule has 0 aromatic heterocycles. The van der Waals surface area contributed by atoms with Crippen LogP contribution >= 0.6 is 23.5 Å². The van der Waals surface area contributed by atoms with Gasteiger partial charge in [0.2, 0.25) is 0 Å². The summed E-state index contributed by atoms with van der Waals surface area (Å²) in [5.41, 5.74) is 0. The summed E-state index contributed by atoms with van der Waals surface area (Å²) in [6, 6.07) is 0. The van der Waals surface area contributed by atoms with E-state index >= 15 is 0 Å². The Morgan fingerprint density at radius 3 is 1.42 bits per heavy atom. The second kappa shape index (κ2) is 37.0. The zero-order valence-corrected chi connectivity index (χ0v) is 42.1. The van der Waals surface area contributed by atoms with Gasteiger partial charge in [0.1, 0.15) is 43.2 Å². The van der Waals surface area contributed by atoms with Crippen LogP contribution in [0.1, 0.15) is 168 Å². The molecular weight excluding hydrogens is 937 g/mol. The highest BCUT2D eigenvalue weighted by Gasteiger charge is 2.56. The molecule has 8 atom stereocenters. The molecule has 1 aliphatic carbocycles. The summed E-state index contributed by atoms with van der Waals surface area (Å²) in [5.74, 6) is -1.33. The van der Waals surface area contributed by atoms with E-state index in [4.69, 9.17) is 18.5 Å². The summed E-state index contributed by atoms with van der Waals surface area (Å²) in [5, 5.41) is 31.9. The molecule has 390 valence electrons. The molecule has 0 aromatic carbocycles. The summed E-state index contributed by atoms with van der Waals surface area (Å²) in [6.07, 6.45) is 22.7. The van der Waals surface area contributed by atoms with E-state index in [1.54, 1.807) is 0 Å². The molecule has 0 spiro atoms. The van der Waals surface area contributed by atoms with Gasteiger partial charge in [0.25, 0.3) is 0 Å². The van der Waals surface area contributed by atoms with E-state index in [1.165, 1.54) is 38.5 Å². The monoisotopic (exact) mass is 1020 g/mol. The van der Waals surface area contributed by atoms with E-state index < -0.39 is 91.3 Å². The quantitative estimate of drug-likeness (QED) is 0.0123. The zero-order chi connectivity index (χ0) is 50.0. The van der Waals surface area contributed by atoms with Gasteiger partial charge in [-0.15, -0.1) is 0 Å². The fourth-order valence-electron chi connectivity index (χ4n) is 7.06. The van der Waals surface area contributed by atoms with Gasteiger partial charge in [-0.1, -0.05) is 133 Å². The van der Waals surface area contributed by atoms with Gasteiger partial charge in [0.05, 0.1) is 6.61 Å². The summed E-state index contributed by atoms with van der Waals surface area (Å²) in [4.78, 5) is 73.2. The highest BCUT2D eigenvalue weighted by Crippen LogP contribution is 2.51. The average molecular weight is 1020 g/mol. The number of carbonyl (C=O) groups excluding carboxylic acids is 2. The normalized spacial score (nSPS) is 22.0. The number of unbranched alkanes of at least 4 members (excludes halogenated alkanes) is 16. The number of carbonyl (C=O) groups is 2. The largest absolute Gasteiger partial charge is 0.472 e. The first-order valence-corrected chi connectivity index (χ1v) is 28.5. The second-order valence-corrected chi connectivity index (χ2v) is 20.4. The smallest absolute Gasteiger partial charge is 0.462 e. The van der Waals surface area contributed by atoms with E-state index in [9.17, 15) is 63.1 Å². The fraction of sp³-hybridized carbons (Fsp3) is 0.778. The highest BCUT2D eigenvalue weighted by atomic mass is 31.2. The second-order valence-electron chi connectivity index (χ2n) is 16.7. The number of allylic oxidation sites excluding steroid dienone is 8. The number of esters is 2. The predicted molar refractivity (Wildman–Crippen MR) is 252 cm³/mol. The Morgan fingerprint density at radius 2 is 0.910 bits per heavy atom. The molecule has 0 amide bonds.